The third-order valence-corrected chi connectivity index (χ3v) is 3.77. The molecule has 1 N–H and O–H groups in total. The van der Waals surface area contributed by atoms with Gasteiger partial charge in [-0.1, -0.05) is 41.9 Å². The number of aliphatic hydroxyl groups is 1. The summed E-state index contributed by atoms with van der Waals surface area (Å²) in [6, 6.07) is 0. The van der Waals surface area contributed by atoms with Crippen molar-refractivity contribution < 1.29 is 9.90 Å². The van der Waals surface area contributed by atoms with Gasteiger partial charge in [0.2, 0.25) is 0 Å². The predicted molar refractivity (Wildman–Crippen MR) is 86.7 cm³/mol. The van der Waals surface area contributed by atoms with Crippen molar-refractivity contribution in [1.82, 2.24) is 0 Å². The molecule has 1 atom stereocenters. The topological polar surface area (TPSA) is 37.3 Å². The van der Waals surface area contributed by atoms with Gasteiger partial charge in [0, 0.05) is 5.92 Å². The van der Waals surface area contributed by atoms with Crippen molar-refractivity contribution in [2.45, 2.75) is 60.3 Å². The average molecular weight is 278 g/mol. The van der Waals surface area contributed by atoms with Crippen molar-refractivity contribution in [2.75, 3.05) is 6.61 Å². The van der Waals surface area contributed by atoms with E-state index in [2.05, 4.69) is 26.0 Å². The molecule has 0 aromatic heterocycles. The largest absolute Gasteiger partial charge is 0.392 e. The summed E-state index contributed by atoms with van der Waals surface area (Å²) >= 11 is 0. The molecule has 0 amide bonds. The number of hydrogen-bond donors (Lipinski definition) is 1. The Morgan fingerprint density at radius 3 is 1.95 bits per heavy atom. The number of ketones is 1. The first-order chi connectivity index (χ1) is 9.38. The molecule has 0 bridgehead atoms. The molecule has 20 heavy (non-hydrogen) atoms. The summed E-state index contributed by atoms with van der Waals surface area (Å²) in [5, 5.41) is 8.77. The van der Waals surface area contributed by atoms with Crippen LogP contribution in [0.4, 0.5) is 0 Å². The normalized spacial score (nSPS) is 15.4. The van der Waals surface area contributed by atoms with E-state index in [0.29, 0.717) is 0 Å². The molecule has 0 heterocycles. The molecule has 0 aliphatic heterocycles. The van der Waals surface area contributed by atoms with E-state index >= 15 is 0 Å². The van der Waals surface area contributed by atoms with Gasteiger partial charge in [0.15, 0.2) is 0 Å². The monoisotopic (exact) mass is 278 g/mol. The highest BCUT2D eigenvalue weighted by molar-refractivity contribution is 5.80. The van der Waals surface area contributed by atoms with Gasteiger partial charge in [0.25, 0.3) is 0 Å². The molecular formula is C18H30O2. The summed E-state index contributed by atoms with van der Waals surface area (Å²) in [6.07, 6.45) is 10.4. The van der Waals surface area contributed by atoms with Crippen LogP contribution < -0.4 is 0 Å². The Morgan fingerprint density at radius 2 is 1.45 bits per heavy atom. The minimum absolute atomic E-state index is 0.0468. The van der Waals surface area contributed by atoms with E-state index in [1.165, 1.54) is 16.7 Å². The molecule has 0 aliphatic carbocycles. The molecule has 0 aromatic carbocycles. The third kappa shape index (κ3) is 8.87. The van der Waals surface area contributed by atoms with Gasteiger partial charge in [-0.05, 0) is 53.4 Å². The Hall–Kier alpha value is -1.15. The fourth-order valence-corrected chi connectivity index (χ4v) is 1.93. The SMILES string of the molecule is CC(=O)C(C)C(C)=CCCC(C)=CCCC(C)=CCO. The van der Waals surface area contributed by atoms with E-state index in [4.69, 9.17) is 5.11 Å². The van der Waals surface area contributed by atoms with Crippen molar-refractivity contribution >= 4 is 5.78 Å². The van der Waals surface area contributed by atoms with Crippen LogP contribution in [0.5, 0.6) is 0 Å². The molecule has 0 aliphatic rings. The van der Waals surface area contributed by atoms with E-state index in [-0.39, 0.29) is 18.3 Å². The molecule has 114 valence electrons. The lowest BCUT2D eigenvalue weighted by Gasteiger charge is -2.08. The third-order valence-electron chi connectivity index (χ3n) is 3.77. The van der Waals surface area contributed by atoms with Crippen molar-refractivity contribution in [3.63, 3.8) is 0 Å². The van der Waals surface area contributed by atoms with Gasteiger partial charge in [-0.15, -0.1) is 0 Å². The number of carbonyl (C=O) groups excluding carboxylic acids is 1. The second kappa shape index (κ2) is 10.6. The Morgan fingerprint density at radius 1 is 0.950 bits per heavy atom. The first-order valence-corrected chi connectivity index (χ1v) is 7.47. The van der Waals surface area contributed by atoms with Crippen LogP contribution in [0.25, 0.3) is 0 Å². The average Bonchev–Trinajstić information content (AvgIpc) is 2.37. The smallest absolute Gasteiger partial charge is 0.136 e. The van der Waals surface area contributed by atoms with Crippen LogP contribution in [0.1, 0.15) is 60.3 Å². The minimum Gasteiger partial charge on any atom is -0.392 e. The van der Waals surface area contributed by atoms with Crippen LogP contribution >= 0.6 is 0 Å². The quantitative estimate of drug-likeness (QED) is 0.626. The Bertz CT molecular complexity index is 386. The highest BCUT2D eigenvalue weighted by atomic mass is 16.2. The maximum atomic E-state index is 11.3. The summed E-state index contributed by atoms with van der Waals surface area (Å²) in [6.45, 7) is 9.99. The Kier molecular flexibility index (Phi) is 10.0. The number of carbonyl (C=O) groups is 1. The lowest BCUT2D eigenvalue weighted by molar-refractivity contribution is -0.119. The first kappa shape index (κ1) is 18.9. The zero-order chi connectivity index (χ0) is 15.5. The van der Waals surface area contributed by atoms with E-state index in [1.807, 2.05) is 19.9 Å². The van der Waals surface area contributed by atoms with E-state index in [0.717, 1.165) is 25.7 Å². The first-order valence-electron chi connectivity index (χ1n) is 7.47. The van der Waals surface area contributed by atoms with Crippen LogP contribution in [-0.4, -0.2) is 17.5 Å². The molecular weight excluding hydrogens is 248 g/mol. The molecule has 2 heteroatoms. The zero-order valence-electron chi connectivity index (χ0n) is 13.7. The van der Waals surface area contributed by atoms with Crippen molar-refractivity contribution in [1.29, 1.82) is 0 Å². The Balaban J connectivity index is 4.10. The molecule has 0 spiro atoms. The number of rotatable bonds is 9. The van der Waals surface area contributed by atoms with Crippen molar-refractivity contribution in [2.24, 2.45) is 5.92 Å². The summed E-state index contributed by atoms with van der Waals surface area (Å²) in [7, 11) is 0. The maximum absolute atomic E-state index is 11.3. The number of hydrogen-bond acceptors (Lipinski definition) is 2. The van der Waals surface area contributed by atoms with Crippen LogP contribution in [0.2, 0.25) is 0 Å². The van der Waals surface area contributed by atoms with Crippen LogP contribution in [-0.2, 0) is 4.79 Å². The summed E-state index contributed by atoms with van der Waals surface area (Å²) in [5.41, 5.74) is 3.80. The van der Waals surface area contributed by atoms with E-state index < -0.39 is 0 Å². The lowest BCUT2D eigenvalue weighted by atomic mass is 9.97. The van der Waals surface area contributed by atoms with Crippen molar-refractivity contribution in [3.05, 3.63) is 34.9 Å². The highest BCUT2D eigenvalue weighted by Crippen LogP contribution is 2.15. The van der Waals surface area contributed by atoms with E-state index in [9.17, 15) is 4.79 Å². The fourth-order valence-electron chi connectivity index (χ4n) is 1.93. The van der Waals surface area contributed by atoms with E-state index in [1.54, 1.807) is 6.92 Å². The van der Waals surface area contributed by atoms with Gasteiger partial charge >= 0.3 is 0 Å². The van der Waals surface area contributed by atoms with Crippen molar-refractivity contribution in [3.8, 4) is 0 Å². The summed E-state index contributed by atoms with van der Waals surface area (Å²) < 4.78 is 0. The van der Waals surface area contributed by atoms with Crippen LogP contribution in [0.15, 0.2) is 34.9 Å². The molecule has 2 nitrogen and oxygen atoms in total. The maximum Gasteiger partial charge on any atom is 0.136 e. The van der Waals surface area contributed by atoms with Gasteiger partial charge in [-0.3, -0.25) is 4.79 Å². The molecule has 0 fully saturated rings. The summed E-state index contributed by atoms with van der Waals surface area (Å²) in [4.78, 5) is 11.3. The lowest BCUT2D eigenvalue weighted by Crippen LogP contribution is -2.07. The molecule has 0 saturated heterocycles. The van der Waals surface area contributed by atoms with Gasteiger partial charge < -0.3 is 5.11 Å². The predicted octanol–water partition coefficient (Wildman–Crippen LogP) is 4.60. The molecule has 0 radical (unpaired) electrons. The molecule has 0 rings (SSSR count). The summed E-state index contributed by atoms with van der Waals surface area (Å²) in [5.74, 6) is 0.280. The minimum atomic E-state index is 0.0468. The second-order valence-corrected chi connectivity index (χ2v) is 5.64. The zero-order valence-corrected chi connectivity index (χ0v) is 13.7. The second-order valence-electron chi connectivity index (χ2n) is 5.64. The Labute approximate surface area is 124 Å². The molecule has 0 saturated carbocycles. The molecule has 0 aromatic rings. The number of aliphatic hydroxyl groups excluding tert-OH is 1. The van der Waals surface area contributed by atoms with Crippen LogP contribution in [0, 0.1) is 5.92 Å². The van der Waals surface area contributed by atoms with Gasteiger partial charge in [-0.25, -0.2) is 0 Å². The van der Waals surface area contributed by atoms with Gasteiger partial charge in [0.1, 0.15) is 5.78 Å². The van der Waals surface area contributed by atoms with Gasteiger partial charge in [0.05, 0.1) is 6.61 Å². The standard InChI is InChI=1S/C18H30O2/c1-14(8-6-9-15(2)12-13-19)10-7-11-16(3)17(4)18(5)20/h8,11-12,17,19H,6-7,9-10,13H2,1-5H3. The highest BCUT2D eigenvalue weighted by Gasteiger charge is 2.08. The fraction of sp³-hybridized carbons (Fsp3) is 0.611. The number of allylic oxidation sites excluding steroid dienone is 5. The molecule has 1 unspecified atom stereocenters. The number of Topliss-reactive ketones (excluding diaryl/α,β-unsaturated/α-hetero) is 1. The van der Waals surface area contributed by atoms with Crippen LogP contribution in [0.3, 0.4) is 0 Å². The van der Waals surface area contributed by atoms with Gasteiger partial charge in [-0.2, -0.15) is 0 Å².